The predicted octanol–water partition coefficient (Wildman–Crippen LogP) is 0.998. The van der Waals surface area contributed by atoms with E-state index in [9.17, 15) is 4.91 Å². The molecule has 0 heterocycles. The van der Waals surface area contributed by atoms with E-state index in [0.717, 1.165) is 13.0 Å². The van der Waals surface area contributed by atoms with E-state index in [-0.39, 0.29) is 0 Å². The van der Waals surface area contributed by atoms with Crippen LogP contribution in [0.15, 0.2) is 5.18 Å². The van der Waals surface area contributed by atoms with Gasteiger partial charge in [-0.25, -0.2) is 0 Å². The maximum Gasteiger partial charge on any atom is 0.0837 e. The molecule has 0 aromatic heterocycles. The fourth-order valence-electron chi connectivity index (χ4n) is 0.609. The highest BCUT2D eigenvalue weighted by atomic mass is 16.3. The van der Waals surface area contributed by atoms with Crippen molar-refractivity contribution in [2.24, 2.45) is 11.1 Å². The lowest BCUT2D eigenvalue weighted by Gasteiger charge is -2.03. The number of nitrogens with zero attached hydrogens (tertiary/aromatic N) is 1. The monoisotopic (exact) mass is 130 g/mol. The molecule has 0 fully saturated rings. The van der Waals surface area contributed by atoms with Crippen LogP contribution < -0.4 is 5.32 Å². The first kappa shape index (κ1) is 8.56. The number of nitroso groups, excluding NO2 is 1. The van der Waals surface area contributed by atoms with Gasteiger partial charge in [-0.2, -0.15) is 4.91 Å². The first-order chi connectivity index (χ1) is 4.31. The Morgan fingerprint density at radius 2 is 2.33 bits per heavy atom. The highest BCUT2D eigenvalue weighted by Crippen LogP contribution is 1.99. The third-order valence-corrected chi connectivity index (χ3v) is 1.27. The van der Waals surface area contributed by atoms with Crippen molar-refractivity contribution in [1.29, 1.82) is 0 Å². The molecule has 0 saturated heterocycles. The van der Waals surface area contributed by atoms with Crippen molar-refractivity contribution in [3.05, 3.63) is 4.91 Å². The minimum absolute atomic E-state index is 0.426. The third kappa shape index (κ3) is 5.43. The van der Waals surface area contributed by atoms with Crippen LogP contribution in [0.4, 0.5) is 0 Å². The van der Waals surface area contributed by atoms with E-state index in [1.54, 1.807) is 0 Å². The van der Waals surface area contributed by atoms with E-state index in [0.29, 0.717) is 12.5 Å². The van der Waals surface area contributed by atoms with Crippen molar-refractivity contribution in [1.82, 2.24) is 5.32 Å². The molecular formula is C6H14N2O. The number of hydrogen-bond acceptors (Lipinski definition) is 3. The molecule has 0 amide bonds. The van der Waals surface area contributed by atoms with E-state index in [4.69, 9.17) is 0 Å². The summed E-state index contributed by atoms with van der Waals surface area (Å²) >= 11 is 0. The van der Waals surface area contributed by atoms with Crippen molar-refractivity contribution in [2.75, 3.05) is 20.1 Å². The van der Waals surface area contributed by atoms with Gasteiger partial charge in [0.15, 0.2) is 0 Å². The fraction of sp³-hybridized carbons (Fsp3) is 1.00. The van der Waals surface area contributed by atoms with E-state index >= 15 is 0 Å². The molecule has 54 valence electrons. The molecule has 1 N–H and O–H groups in total. The summed E-state index contributed by atoms with van der Waals surface area (Å²) in [5.74, 6) is 0.426. The van der Waals surface area contributed by atoms with Gasteiger partial charge >= 0.3 is 0 Å². The Kier molecular flexibility index (Phi) is 5.41. The molecular weight excluding hydrogens is 116 g/mol. The molecule has 0 aliphatic rings. The summed E-state index contributed by atoms with van der Waals surface area (Å²) in [4.78, 5) is 9.71. The summed E-state index contributed by atoms with van der Waals surface area (Å²) < 4.78 is 0. The largest absolute Gasteiger partial charge is 0.320 e. The summed E-state index contributed by atoms with van der Waals surface area (Å²) in [5, 5.41) is 5.82. The first-order valence-electron chi connectivity index (χ1n) is 3.25. The zero-order chi connectivity index (χ0) is 7.11. The van der Waals surface area contributed by atoms with Crippen molar-refractivity contribution >= 4 is 0 Å². The molecule has 9 heavy (non-hydrogen) atoms. The topological polar surface area (TPSA) is 41.5 Å². The molecule has 0 rings (SSSR count). The first-order valence-corrected chi connectivity index (χ1v) is 3.25. The predicted molar refractivity (Wildman–Crippen MR) is 38.4 cm³/mol. The minimum atomic E-state index is 0.426. The molecule has 3 heteroatoms. The Hall–Kier alpha value is -0.440. The molecule has 1 atom stereocenters. The Morgan fingerprint density at radius 1 is 1.67 bits per heavy atom. The average molecular weight is 130 g/mol. The number of nitrogens with one attached hydrogen (secondary N) is 1. The third-order valence-electron chi connectivity index (χ3n) is 1.27. The molecule has 0 spiro atoms. The zero-order valence-electron chi connectivity index (χ0n) is 6.05. The lowest BCUT2D eigenvalue weighted by Crippen LogP contribution is -2.12. The van der Waals surface area contributed by atoms with Crippen molar-refractivity contribution in [2.45, 2.75) is 13.3 Å². The fourth-order valence-corrected chi connectivity index (χ4v) is 0.609. The Morgan fingerprint density at radius 3 is 2.78 bits per heavy atom. The summed E-state index contributed by atoms with van der Waals surface area (Å²) in [6.07, 6.45) is 1.03. The summed E-state index contributed by atoms with van der Waals surface area (Å²) in [6.45, 7) is 3.44. The molecule has 0 radical (unpaired) electrons. The standard InChI is InChI=1S/C6H14N2O/c1-6(5-8-9)3-4-7-2/h6-7H,3-5H2,1-2H3. The quantitative estimate of drug-likeness (QED) is 0.564. The molecule has 1 unspecified atom stereocenters. The molecule has 0 saturated carbocycles. The summed E-state index contributed by atoms with van der Waals surface area (Å²) in [5.41, 5.74) is 0. The smallest absolute Gasteiger partial charge is 0.0837 e. The summed E-state index contributed by atoms with van der Waals surface area (Å²) in [7, 11) is 1.90. The van der Waals surface area contributed by atoms with E-state index in [1.807, 2.05) is 14.0 Å². The summed E-state index contributed by atoms with van der Waals surface area (Å²) in [6, 6.07) is 0. The Bertz CT molecular complexity index is 75.5. The zero-order valence-corrected chi connectivity index (χ0v) is 6.05. The average Bonchev–Trinajstić information content (AvgIpc) is 1.85. The van der Waals surface area contributed by atoms with Gasteiger partial charge in [0.1, 0.15) is 0 Å². The van der Waals surface area contributed by atoms with Gasteiger partial charge in [-0.1, -0.05) is 12.1 Å². The number of hydrogen-bond donors (Lipinski definition) is 1. The molecule has 0 aromatic rings. The van der Waals surface area contributed by atoms with Gasteiger partial charge in [0.05, 0.1) is 6.54 Å². The van der Waals surface area contributed by atoms with E-state index < -0.39 is 0 Å². The molecule has 3 nitrogen and oxygen atoms in total. The van der Waals surface area contributed by atoms with Gasteiger partial charge < -0.3 is 5.32 Å². The van der Waals surface area contributed by atoms with Crippen LogP contribution in [-0.4, -0.2) is 20.1 Å². The molecule has 0 aliphatic carbocycles. The van der Waals surface area contributed by atoms with Crippen LogP contribution in [-0.2, 0) is 0 Å². The van der Waals surface area contributed by atoms with E-state index in [1.165, 1.54) is 0 Å². The van der Waals surface area contributed by atoms with E-state index in [2.05, 4.69) is 10.5 Å². The van der Waals surface area contributed by atoms with Gasteiger partial charge in [0, 0.05) is 0 Å². The van der Waals surface area contributed by atoms with Gasteiger partial charge in [-0.15, -0.1) is 0 Å². The normalized spacial score (nSPS) is 13.1. The highest BCUT2D eigenvalue weighted by molar-refractivity contribution is 4.56. The Labute approximate surface area is 55.8 Å². The maximum absolute atomic E-state index is 9.71. The van der Waals surface area contributed by atoms with Crippen LogP contribution in [0.1, 0.15) is 13.3 Å². The Balaban J connectivity index is 3.04. The number of rotatable bonds is 5. The SMILES string of the molecule is CNCCC(C)CN=O. The molecule has 0 aliphatic heterocycles. The molecule has 0 bridgehead atoms. The highest BCUT2D eigenvalue weighted by Gasteiger charge is 1.98. The second kappa shape index (κ2) is 5.69. The lowest BCUT2D eigenvalue weighted by atomic mass is 10.1. The van der Waals surface area contributed by atoms with Crippen LogP contribution in [0.3, 0.4) is 0 Å². The van der Waals surface area contributed by atoms with Gasteiger partial charge in [-0.3, -0.25) is 0 Å². The van der Waals surface area contributed by atoms with Crippen molar-refractivity contribution < 1.29 is 0 Å². The van der Waals surface area contributed by atoms with Crippen LogP contribution >= 0.6 is 0 Å². The van der Waals surface area contributed by atoms with Crippen LogP contribution in [0.25, 0.3) is 0 Å². The van der Waals surface area contributed by atoms with Crippen molar-refractivity contribution in [3.8, 4) is 0 Å². The van der Waals surface area contributed by atoms with Crippen molar-refractivity contribution in [3.63, 3.8) is 0 Å². The molecule has 0 aromatic carbocycles. The van der Waals surface area contributed by atoms with Gasteiger partial charge in [-0.05, 0) is 25.9 Å². The maximum atomic E-state index is 9.71. The van der Waals surface area contributed by atoms with Gasteiger partial charge in [0.25, 0.3) is 0 Å². The van der Waals surface area contributed by atoms with Crippen LogP contribution in [0.2, 0.25) is 0 Å². The second-order valence-corrected chi connectivity index (χ2v) is 2.31. The second-order valence-electron chi connectivity index (χ2n) is 2.31. The minimum Gasteiger partial charge on any atom is -0.320 e. The lowest BCUT2D eigenvalue weighted by molar-refractivity contribution is 0.527. The van der Waals surface area contributed by atoms with Crippen LogP contribution in [0.5, 0.6) is 0 Å². The van der Waals surface area contributed by atoms with Crippen LogP contribution in [0, 0.1) is 10.8 Å². The van der Waals surface area contributed by atoms with Gasteiger partial charge in [0.2, 0.25) is 0 Å².